The van der Waals surface area contributed by atoms with Crippen molar-refractivity contribution in [3.05, 3.63) is 58.3 Å². The van der Waals surface area contributed by atoms with E-state index in [1.807, 2.05) is 0 Å². The van der Waals surface area contributed by atoms with Crippen molar-refractivity contribution in [2.24, 2.45) is 4.99 Å². The van der Waals surface area contributed by atoms with Crippen LogP contribution in [0.5, 0.6) is 11.5 Å². The fourth-order valence-electron chi connectivity index (χ4n) is 3.92. The van der Waals surface area contributed by atoms with Crippen LogP contribution in [0.2, 0.25) is 5.02 Å². The molecule has 0 unspecified atom stereocenters. The van der Waals surface area contributed by atoms with Crippen LogP contribution < -0.4 is 25.4 Å². The van der Waals surface area contributed by atoms with Crippen LogP contribution >= 0.6 is 11.6 Å². The molecule has 1 fully saturated rings. The van der Waals surface area contributed by atoms with Gasteiger partial charge < -0.3 is 29.7 Å². The number of ether oxygens (including phenoxy) is 3. The van der Waals surface area contributed by atoms with E-state index < -0.39 is 17.6 Å². The van der Waals surface area contributed by atoms with Crippen molar-refractivity contribution in [1.82, 2.24) is 10.2 Å². The highest BCUT2D eigenvalue weighted by Gasteiger charge is 2.32. The predicted octanol–water partition coefficient (Wildman–Crippen LogP) is 4.08. The highest BCUT2D eigenvalue weighted by atomic mass is 35.5. The molecule has 2 aromatic carbocycles. The number of rotatable bonds is 7. The Morgan fingerprint density at radius 2 is 1.95 bits per heavy atom. The molecule has 2 heterocycles. The van der Waals surface area contributed by atoms with Gasteiger partial charge in [0.05, 0.1) is 55.0 Å². The maximum Gasteiger partial charge on any atom is 0.416 e. The Labute approximate surface area is 227 Å². The summed E-state index contributed by atoms with van der Waals surface area (Å²) in [4.78, 5) is 18.7. The van der Waals surface area contributed by atoms with Crippen LogP contribution in [-0.4, -0.2) is 63.1 Å². The zero-order chi connectivity index (χ0) is 28.2. The van der Waals surface area contributed by atoms with Gasteiger partial charge in [-0.15, -0.1) is 0 Å². The molecule has 4 N–H and O–H groups in total. The van der Waals surface area contributed by atoms with Gasteiger partial charge >= 0.3 is 6.18 Å². The summed E-state index contributed by atoms with van der Waals surface area (Å²) in [5, 5.41) is 16.4. The summed E-state index contributed by atoms with van der Waals surface area (Å²) < 4.78 is 56.5. The number of guanidine groups is 1. The van der Waals surface area contributed by atoms with Crippen LogP contribution in [0.25, 0.3) is 0 Å². The minimum absolute atomic E-state index is 0.0183. The Morgan fingerprint density at radius 1 is 1.21 bits per heavy atom. The zero-order valence-corrected chi connectivity index (χ0v) is 21.8. The quantitative estimate of drug-likeness (QED) is 0.373. The number of anilines is 2. The summed E-state index contributed by atoms with van der Waals surface area (Å²) in [5.41, 5.74) is -0.337. The number of benzene rings is 2. The average Bonchev–Trinajstić information content (AvgIpc) is 2.91. The normalized spacial score (nSPS) is 17.0. The number of nitrogens with one attached hydrogen (secondary N) is 4. The van der Waals surface area contributed by atoms with Crippen molar-refractivity contribution in [2.45, 2.75) is 12.7 Å². The number of alkyl halides is 3. The van der Waals surface area contributed by atoms with E-state index in [0.29, 0.717) is 43.4 Å². The lowest BCUT2D eigenvalue weighted by molar-refractivity contribution is -0.137. The molecule has 4 rings (SSSR count). The number of methoxy groups -OCH3 is 2. The van der Waals surface area contributed by atoms with E-state index in [0.717, 1.165) is 12.1 Å². The first kappa shape index (κ1) is 28.0. The molecule has 0 aromatic heterocycles. The first-order valence-electron chi connectivity index (χ1n) is 11.7. The number of hydrogen-bond donors (Lipinski definition) is 4. The fraction of sp³-hybridized carbons (Fsp3) is 0.320. The second kappa shape index (κ2) is 11.8. The number of halogens is 4. The van der Waals surface area contributed by atoms with E-state index >= 15 is 0 Å². The van der Waals surface area contributed by atoms with E-state index in [1.165, 1.54) is 20.4 Å². The molecule has 0 bridgehead atoms. The molecule has 2 aliphatic heterocycles. The SMILES string of the molecule is COc1ccc(CNc2cc(C(F)(F)F)cc(Cl)c2N/C=C2\C(=N)N=C(N3CCOCC3)NC2=O)c(OC)c1. The Balaban J connectivity index is 1.61. The number of amides is 1. The van der Waals surface area contributed by atoms with Gasteiger partial charge in [0.15, 0.2) is 5.84 Å². The largest absolute Gasteiger partial charge is 0.497 e. The topological polar surface area (TPSA) is 120 Å². The molecule has 0 atom stereocenters. The molecule has 2 aliphatic rings. The molecule has 0 radical (unpaired) electrons. The monoisotopic (exact) mass is 566 g/mol. The van der Waals surface area contributed by atoms with Crippen LogP contribution in [0.4, 0.5) is 24.5 Å². The van der Waals surface area contributed by atoms with Gasteiger partial charge in [0, 0.05) is 37.5 Å². The second-order valence-corrected chi connectivity index (χ2v) is 8.86. The molecule has 14 heteroatoms. The van der Waals surface area contributed by atoms with E-state index in [2.05, 4.69) is 20.9 Å². The predicted molar refractivity (Wildman–Crippen MR) is 141 cm³/mol. The average molecular weight is 567 g/mol. The Morgan fingerprint density at radius 3 is 2.59 bits per heavy atom. The van der Waals surface area contributed by atoms with Crippen LogP contribution in [-0.2, 0) is 22.3 Å². The maximum absolute atomic E-state index is 13.6. The van der Waals surface area contributed by atoms with Gasteiger partial charge in [-0.3, -0.25) is 15.5 Å². The second-order valence-electron chi connectivity index (χ2n) is 8.45. The molecule has 2 aromatic rings. The lowest BCUT2D eigenvalue weighted by Crippen LogP contribution is -2.52. The molecule has 208 valence electrons. The number of amidine groups is 1. The van der Waals surface area contributed by atoms with Crippen molar-refractivity contribution in [2.75, 3.05) is 51.2 Å². The first-order chi connectivity index (χ1) is 18.6. The molecule has 1 amide bonds. The van der Waals surface area contributed by atoms with Crippen LogP contribution in [0.15, 0.2) is 47.1 Å². The molecular weight excluding hydrogens is 541 g/mol. The number of nitrogens with zero attached hydrogens (tertiary/aromatic N) is 2. The van der Waals surface area contributed by atoms with Gasteiger partial charge in [-0.1, -0.05) is 11.6 Å². The summed E-state index contributed by atoms with van der Waals surface area (Å²) >= 11 is 6.26. The highest BCUT2D eigenvalue weighted by molar-refractivity contribution is 6.34. The molecule has 10 nitrogen and oxygen atoms in total. The number of carbonyl (C=O) groups excluding carboxylic acids is 1. The van der Waals surface area contributed by atoms with Crippen LogP contribution in [0.3, 0.4) is 0 Å². The Hall–Kier alpha value is -3.97. The van der Waals surface area contributed by atoms with Crippen LogP contribution in [0, 0.1) is 5.41 Å². The highest BCUT2D eigenvalue weighted by Crippen LogP contribution is 2.39. The Kier molecular flexibility index (Phi) is 8.51. The number of morpholine rings is 1. The summed E-state index contributed by atoms with van der Waals surface area (Å²) in [6.45, 7) is 2.05. The molecule has 39 heavy (non-hydrogen) atoms. The van der Waals surface area contributed by atoms with Gasteiger partial charge in [-0.25, -0.2) is 0 Å². The minimum atomic E-state index is -4.65. The lowest BCUT2D eigenvalue weighted by atomic mass is 10.1. The molecule has 0 spiro atoms. The summed E-state index contributed by atoms with van der Waals surface area (Å²) in [7, 11) is 2.97. The molecule has 0 saturated carbocycles. The third kappa shape index (κ3) is 6.55. The van der Waals surface area contributed by atoms with Crippen molar-refractivity contribution in [3.63, 3.8) is 0 Å². The maximum atomic E-state index is 13.6. The van der Waals surface area contributed by atoms with Crippen molar-refractivity contribution in [3.8, 4) is 11.5 Å². The smallest absolute Gasteiger partial charge is 0.416 e. The Bertz CT molecular complexity index is 1330. The van der Waals surface area contributed by atoms with Gasteiger partial charge in [-0.05, 0) is 24.3 Å². The fourth-order valence-corrected chi connectivity index (χ4v) is 4.19. The first-order valence-corrected chi connectivity index (χ1v) is 12.1. The van der Waals surface area contributed by atoms with Gasteiger partial charge in [-0.2, -0.15) is 18.2 Å². The molecule has 1 saturated heterocycles. The van der Waals surface area contributed by atoms with E-state index in [1.54, 1.807) is 23.1 Å². The zero-order valence-electron chi connectivity index (χ0n) is 21.0. The minimum Gasteiger partial charge on any atom is -0.497 e. The summed E-state index contributed by atoms with van der Waals surface area (Å²) in [6, 6.07) is 6.75. The summed E-state index contributed by atoms with van der Waals surface area (Å²) in [6.07, 6.45) is -3.46. The standard InChI is InChI=1S/C25H26ClF3N6O4/c1-37-16-4-3-14(20(11-16)38-2)12-31-19-10-15(25(27,28)29)9-18(26)21(19)32-13-17-22(30)33-24(34-23(17)36)35-5-7-39-8-6-35/h3-4,9-11,13,31-32H,5-8,12H2,1-2H3,(H2,30,33,34,36)/b17-13+. The van der Waals surface area contributed by atoms with Gasteiger partial charge in [0.25, 0.3) is 5.91 Å². The third-order valence-corrected chi connectivity index (χ3v) is 6.29. The molecular formula is C25H26ClF3N6O4. The van der Waals surface area contributed by atoms with Crippen molar-refractivity contribution >= 4 is 40.7 Å². The van der Waals surface area contributed by atoms with Crippen molar-refractivity contribution < 1.29 is 32.2 Å². The number of hydrogen-bond acceptors (Lipinski definition) is 8. The lowest BCUT2D eigenvalue weighted by Gasteiger charge is -2.31. The number of carbonyl (C=O) groups is 1. The third-order valence-electron chi connectivity index (χ3n) is 6.00. The molecule has 0 aliphatic carbocycles. The number of aliphatic imine (C=N–C) groups is 1. The van der Waals surface area contributed by atoms with Crippen molar-refractivity contribution in [1.29, 1.82) is 5.41 Å². The van der Waals surface area contributed by atoms with Crippen LogP contribution in [0.1, 0.15) is 11.1 Å². The van der Waals surface area contributed by atoms with E-state index in [-0.39, 0.29) is 40.3 Å². The summed E-state index contributed by atoms with van der Waals surface area (Å²) in [5.74, 6) is 0.365. The van der Waals surface area contributed by atoms with Gasteiger partial charge in [0.1, 0.15) is 11.5 Å². The van der Waals surface area contributed by atoms with E-state index in [9.17, 15) is 18.0 Å². The van der Waals surface area contributed by atoms with E-state index in [4.69, 9.17) is 31.2 Å². The van der Waals surface area contributed by atoms with Gasteiger partial charge in [0.2, 0.25) is 5.96 Å².